The fourth-order valence-electron chi connectivity index (χ4n) is 2.52. The van der Waals surface area contributed by atoms with E-state index in [4.69, 9.17) is 5.73 Å². The van der Waals surface area contributed by atoms with Gasteiger partial charge >= 0.3 is 0 Å². The summed E-state index contributed by atoms with van der Waals surface area (Å²) in [6.45, 7) is 6.06. The zero-order chi connectivity index (χ0) is 18.6. The van der Waals surface area contributed by atoms with Gasteiger partial charge in [0, 0.05) is 18.7 Å². The summed E-state index contributed by atoms with van der Waals surface area (Å²) in [7, 11) is -3.63. The van der Waals surface area contributed by atoms with E-state index in [-0.39, 0.29) is 17.3 Å². The van der Waals surface area contributed by atoms with E-state index in [0.717, 1.165) is 0 Å². The lowest BCUT2D eigenvalue weighted by molar-refractivity contribution is 0.102. The molecule has 0 bridgehead atoms. The highest BCUT2D eigenvalue weighted by Crippen LogP contribution is 2.22. The van der Waals surface area contributed by atoms with E-state index < -0.39 is 15.9 Å². The average Bonchev–Trinajstić information content (AvgIpc) is 2.58. The third-order valence-electron chi connectivity index (χ3n) is 4.01. The lowest BCUT2D eigenvalue weighted by atomic mass is 10.1. The first-order valence-corrected chi connectivity index (χ1v) is 9.51. The monoisotopic (exact) mass is 397 g/mol. The number of carbonyl (C=O) groups is 1. The SMILES string of the molecule is CCN(CC)S(=O)(=O)c1ccc(C)c(C(=O)Nc2ccccc2N)c1.Cl. The van der Waals surface area contributed by atoms with E-state index in [1.807, 2.05) is 0 Å². The number of hydrogen-bond donors (Lipinski definition) is 2. The number of nitrogens with two attached hydrogens (primary N) is 1. The van der Waals surface area contributed by atoms with Gasteiger partial charge in [-0.1, -0.05) is 32.0 Å². The van der Waals surface area contributed by atoms with Gasteiger partial charge in [-0.3, -0.25) is 4.79 Å². The van der Waals surface area contributed by atoms with Crippen molar-refractivity contribution in [2.45, 2.75) is 25.7 Å². The van der Waals surface area contributed by atoms with Crippen LogP contribution in [0.5, 0.6) is 0 Å². The minimum atomic E-state index is -3.63. The van der Waals surface area contributed by atoms with Crippen molar-refractivity contribution in [1.29, 1.82) is 0 Å². The van der Waals surface area contributed by atoms with Gasteiger partial charge in [-0.25, -0.2) is 8.42 Å². The van der Waals surface area contributed by atoms with Crippen LogP contribution in [0.4, 0.5) is 11.4 Å². The molecule has 2 aromatic rings. The Hall–Kier alpha value is -2.09. The molecule has 0 radical (unpaired) electrons. The Morgan fingerprint density at radius 1 is 1.12 bits per heavy atom. The molecule has 0 aliphatic carbocycles. The van der Waals surface area contributed by atoms with Crippen LogP contribution in [0.1, 0.15) is 29.8 Å². The van der Waals surface area contributed by atoms with Crippen LogP contribution in [0, 0.1) is 6.92 Å². The largest absolute Gasteiger partial charge is 0.397 e. The van der Waals surface area contributed by atoms with Crippen LogP contribution in [0.2, 0.25) is 0 Å². The number of nitrogens with zero attached hydrogens (tertiary/aromatic N) is 1. The number of anilines is 2. The van der Waals surface area contributed by atoms with Gasteiger partial charge in [-0.05, 0) is 36.8 Å². The normalized spacial score (nSPS) is 11.1. The minimum Gasteiger partial charge on any atom is -0.397 e. The number of carbonyl (C=O) groups excluding carboxylic acids is 1. The zero-order valence-electron chi connectivity index (χ0n) is 15.0. The van der Waals surface area contributed by atoms with Gasteiger partial charge in [0.1, 0.15) is 0 Å². The predicted molar refractivity (Wildman–Crippen MR) is 107 cm³/mol. The number of sulfonamides is 1. The molecule has 2 rings (SSSR count). The van der Waals surface area contributed by atoms with Crippen LogP contribution in [-0.4, -0.2) is 31.7 Å². The fourth-order valence-corrected chi connectivity index (χ4v) is 4.00. The van der Waals surface area contributed by atoms with Crippen LogP contribution in [-0.2, 0) is 10.0 Å². The molecule has 0 saturated carbocycles. The molecule has 26 heavy (non-hydrogen) atoms. The van der Waals surface area contributed by atoms with Crippen molar-refractivity contribution < 1.29 is 13.2 Å². The summed E-state index contributed by atoms with van der Waals surface area (Å²) >= 11 is 0. The molecule has 8 heteroatoms. The fraction of sp³-hybridized carbons (Fsp3) is 0.278. The number of amides is 1. The quantitative estimate of drug-likeness (QED) is 0.731. The van der Waals surface area contributed by atoms with Gasteiger partial charge in [-0.2, -0.15) is 4.31 Å². The molecule has 0 atom stereocenters. The lowest BCUT2D eigenvalue weighted by Gasteiger charge is -2.19. The van der Waals surface area contributed by atoms with Crippen molar-refractivity contribution in [1.82, 2.24) is 4.31 Å². The third-order valence-corrected chi connectivity index (χ3v) is 6.05. The molecular formula is C18H24ClN3O3S. The molecule has 2 aromatic carbocycles. The summed E-state index contributed by atoms with van der Waals surface area (Å²) < 4.78 is 26.7. The highest BCUT2D eigenvalue weighted by atomic mass is 35.5. The molecule has 0 saturated heterocycles. The Bertz CT molecular complexity index is 881. The van der Waals surface area contributed by atoms with Crippen LogP contribution >= 0.6 is 12.4 Å². The van der Waals surface area contributed by atoms with E-state index in [9.17, 15) is 13.2 Å². The van der Waals surface area contributed by atoms with E-state index in [0.29, 0.717) is 35.6 Å². The summed E-state index contributed by atoms with van der Waals surface area (Å²) in [6.07, 6.45) is 0. The summed E-state index contributed by atoms with van der Waals surface area (Å²) in [6, 6.07) is 11.5. The molecule has 0 fully saturated rings. The first kappa shape index (κ1) is 22.0. The molecule has 0 aromatic heterocycles. The van der Waals surface area contributed by atoms with Crippen molar-refractivity contribution in [3.63, 3.8) is 0 Å². The van der Waals surface area contributed by atoms with Crippen LogP contribution in [0.15, 0.2) is 47.4 Å². The highest BCUT2D eigenvalue weighted by Gasteiger charge is 2.23. The maximum atomic E-state index is 12.7. The second-order valence-corrected chi connectivity index (χ2v) is 7.55. The first-order chi connectivity index (χ1) is 11.8. The Morgan fingerprint density at radius 3 is 2.31 bits per heavy atom. The molecule has 0 aliphatic rings. The number of para-hydroxylation sites is 2. The molecule has 0 heterocycles. The number of nitrogen functional groups attached to an aromatic ring is 1. The summed E-state index contributed by atoms with van der Waals surface area (Å²) in [5, 5.41) is 2.73. The summed E-state index contributed by atoms with van der Waals surface area (Å²) in [5.41, 5.74) is 7.77. The second-order valence-electron chi connectivity index (χ2n) is 5.61. The number of nitrogens with one attached hydrogen (secondary N) is 1. The van der Waals surface area contributed by atoms with Gasteiger partial charge < -0.3 is 11.1 Å². The Balaban J connectivity index is 0.00000338. The topological polar surface area (TPSA) is 92.5 Å². The number of benzene rings is 2. The maximum Gasteiger partial charge on any atom is 0.256 e. The van der Waals surface area contributed by atoms with E-state index >= 15 is 0 Å². The van der Waals surface area contributed by atoms with E-state index in [1.165, 1.54) is 16.4 Å². The Morgan fingerprint density at radius 2 is 1.73 bits per heavy atom. The average molecular weight is 398 g/mol. The number of halogens is 1. The van der Waals surface area contributed by atoms with Crippen molar-refractivity contribution in [2.75, 3.05) is 24.1 Å². The molecule has 0 unspecified atom stereocenters. The highest BCUT2D eigenvalue weighted by molar-refractivity contribution is 7.89. The number of hydrogen-bond acceptors (Lipinski definition) is 4. The van der Waals surface area contributed by atoms with E-state index in [1.54, 1.807) is 51.1 Å². The van der Waals surface area contributed by atoms with Crippen molar-refractivity contribution in [3.8, 4) is 0 Å². The van der Waals surface area contributed by atoms with Gasteiger partial charge in [0.2, 0.25) is 10.0 Å². The van der Waals surface area contributed by atoms with Crippen LogP contribution in [0.3, 0.4) is 0 Å². The van der Waals surface area contributed by atoms with Gasteiger partial charge in [0.25, 0.3) is 5.91 Å². The van der Waals surface area contributed by atoms with Crippen LogP contribution < -0.4 is 11.1 Å². The molecule has 0 spiro atoms. The van der Waals surface area contributed by atoms with Gasteiger partial charge in [-0.15, -0.1) is 12.4 Å². The number of rotatable bonds is 6. The zero-order valence-corrected chi connectivity index (χ0v) is 16.7. The van der Waals surface area contributed by atoms with Crippen molar-refractivity contribution in [2.24, 2.45) is 0 Å². The second kappa shape index (κ2) is 9.02. The summed E-state index contributed by atoms with van der Waals surface area (Å²) in [4.78, 5) is 12.7. The van der Waals surface area contributed by atoms with E-state index in [2.05, 4.69) is 5.32 Å². The molecule has 0 aliphatic heterocycles. The third kappa shape index (κ3) is 4.55. The smallest absolute Gasteiger partial charge is 0.256 e. The Labute approximate surface area is 160 Å². The molecule has 3 N–H and O–H groups in total. The van der Waals surface area contributed by atoms with Crippen molar-refractivity contribution in [3.05, 3.63) is 53.6 Å². The molecular weight excluding hydrogens is 374 g/mol. The van der Waals surface area contributed by atoms with Gasteiger partial charge in [0.05, 0.1) is 16.3 Å². The first-order valence-electron chi connectivity index (χ1n) is 8.07. The number of aryl methyl sites for hydroxylation is 1. The Kier molecular flexibility index (Phi) is 7.62. The minimum absolute atomic E-state index is 0. The van der Waals surface area contributed by atoms with Crippen molar-refractivity contribution >= 4 is 39.7 Å². The molecule has 142 valence electrons. The summed E-state index contributed by atoms with van der Waals surface area (Å²) in [5.74, 6) is -0.396. The van der Waals surface area contributed by atoms with Gasteiger partial charge in [0.15, 0.2) is 0 Å². The predicted octanol–water partition coefficient (Wildman–Crippen LogP) is 3.28. The maximum absolute atomic E-state index is 12.7. The standard InChI is InChI=1S/C18H23N3O3S.ClH/c1-4-21(5-2)25(23,24)14-11-10-13(3)15(12-14)18(22)20-17-9-7-6-8-16(17)19;/h6-12H,4-5,19H2,1-3H3,(H,20,22);1H. The van der Waals surface area contributed by atoms with Crippen LogP contribution in [0.25, 0.3) is 0 Å². The molecule has 6 nitrogen and oxygen atoms in total. The lowest BCUT2D eigenvalue weighted by Crippen LogP contribution is -2.30. The molecule has 1 amide bonds.